The molecule has 0 radical (unpaired) electrons. The molecule has 0 aliphatic carbocycles. The second-order valence-corrected chi connectivity index (χ2v) is 4.41. The Morgan fingerprint density at radius 3 is 2.88 bits per heavy atom. The minimum absolute atomic E-state index is 0.0437. The van der Waals surface area contributed by atoms with E-state index in [2.05, 4.69) is 26.6 Å². The van der Waals surface area contributed by atoms with Crippen LogP contribution in [0.4, 0.5) is 0 Å². The number of hydrogen-bond donors (Lipinski definition) is 2. The summed E-state index contributed by atoms with van der Waals surface area (Å²) < 4.78 is 6.19. The Morgan fingerprint density at radius 1 is 1.47 bits per heavy atom. The van der Waals surface area contributed by atoms with Crippen LogP contribution in [0.2, 0.25) is 0 Å². The van der Waals surface area contributed by atoms with E-state index in [0.29, 0.717) is 19.5 Å². The highest BCUT2D eigenvalue weighted by molar-refractivity contribution is 9.10. The summed E-state index contributed by atoms with van der Waals surface area (Å²) in [6.45, 7) is 1.36. The molecule has 0 heterocycles. The lowest BCUT2D eigenvalue weighted by atomic mass is 10.2. The van der Waals surface area contributed by atoms with Gasteiger partial charge in [-0.25, -0.2) is 0 Å². The predicted molar refractivity (Wildman–Crippen MR) is 71.1 cm³/mol. The first-order valence-corrected chi connectivity index (χ1v) is 6.20. The summed E-state index contributed by atoms with van der Waals surface area (Å²) in [5.74, 6) is 0.874. The van der Waals surface area contributed by atoms with Gasteiger partial charge in [0.25, 0.3) is 0 Å². The van der Waals surface area contributed by atoms with Crippen molar-refractivity contribution in [3.05, 3.63) is 28.2 Å². The molecule has 94 valence electrons. The number of rotatable bonds is 6. The van der Waals surface area contributed by atoms with Gasteiger partial charge in [0.1, 0.15) is 5.75 Å². The summed E-state index contributed by atoms with van der Waals surface area (Å²) in [6.07, 6.45) is 0.484. The zero-order valence-corrected chi connectivity index (χ0v) is 11.6. The van der Waals surface area contributed by atoms with E-state index in [1.807, 2.05) is 18.2 Å². The van der Waals surface area contributed by atoms with E-state index < -0.39 is 0 Å². The number of methoxy groups -OCH3 is 1. The zero-order chi connectivity index (χ0) is 12.7. The lowest BCUT2D eigenvalue weighted by molar-refractivity contribution is -0.120. The van der Waals surface area contributed by atoms with E-state index in [4.69, 9.17) is 4.74 Å². The van der Waals surface area contributed by atoms with Gasteiger partial charge in [-0.3, -0.25) is 4.79 Å². The molecule has 0 unspecified atom stereocenters. The Morgan fingerprint density at radius 2 is 2.24 bits per heavy atom. The highest BCUT2D eigenvalue weighted by atomic mass is 79.9. The van der Waals surface area contributed by atoms with Crippen LogP contribution in [-0.4, -0.2) is 26.6 Å². The summed E-state index contributed by atoms with van der Waals surface area (Å²) in [5.41, 5.74) is 1.11. The molecule has 0 saturated heterocycles. The molecule has 0 aliphatic rings. The number of ether oxygens (including phenoxy) is 1. The number of hydrogen-bond acceptors (Lipinski definition) is 3. The number of carbonyl (C=O) groups excluding carboxylic acids is 1. The summed E-state index contributed by atoms with van der Waals surface area (Å²) >= 11 is 3.48. The highest BCUT2D eigenvalue weighted by Gasteiger charge is 2.02. The van der Waals surface area contributed by atoms with Crippen molar-refractivity contribution in [2.45, 2.75) is 13.0 Å². The van der Waals surface area contributed by atoms with Crippen LogP contribution in [0.15, 0.2) is 22.7 Å². The maximum atomic E-state index is 11.0. The lowest BCUT2D eigenvalue weighted by Crippen LogP contribution is -2.24. The first kappa shape index (κ1) is 14.0. The largest absolute Gasteiger partial charge is 0.497 e. The summed E-state index contributed by atoms with van der Waals surface area (Å²) in [5, 5.41) is 5.80. The smallest absolute Gasteiger partial charge is 0.221 e. The highest BCUT2D eigenvalue weighted by Crippen LogP contribution is 2.22. The second-order valence-electron chi connectivity index (χ2n) is 3.56. The van der Waals surface area contributed by atoms with Gasteiger partial charge in [-0.15, -0.1) is 0 Å². The lowest BCUT2D eigenvalue weighted by Gasteiger charge is -2.08. The van der Waals surface area contributed by atoms with Crippen LogP contribution < -0.4 is 15.4 Å². The number of benzene rings is 1. The van der Waals surface area contributed by atoms with Crippen molar-refractivity contribution in [1.82, 2.24) is 10.6 Å². The van der Waals surface area contributed by atoms with Crippen LogP contribution in [0.3, 0.4) is 0 Å². The molecule has 5 heteroatoms. The Balaban J connectivity index is 2.43. The molecule has 2 N–H and O–H groups in total. The second kappa shape index (κ2) is 7.29. The average molecular weight is 301 g/mol. The molecule has 1 aromatic carbocycles. The Bertz CT molecular complexity index is 383. The van der Waals surface area contributed by atoms with Gasteiger partial charge in [0.15, 0.2) is 0 Å². The molecular weight excluding hydrogens is 284 g/mol. The van der Waals surface area contributed by atoms with Crippen molar-refractivity contribution in [1.29, 1.82) is 0 Å². The number of halogens is 1. The van der Waals surface area contributed by atoms with Gasteiger partial charge in [0.05, 0.1) is 7.11 Å². The van der Waals surface area contributed by atoms with Crippen molar-refractivity contribution in [3.63, 3.8) is 0 Å². The Labute approximate surface area is 110 Å². The van der Waals surface area contributed by atoms with Gasteiger partial charge < -0.3 is 15.4 Å². The molecule has 0 atom stereocenters. The average Bonchev–Trinajstić information content (AvgIpc) is 2.36. The molecule has 0 fully saturated rings. The molecule has 0 bridgehead atoms. The minimum Gasteiger partial charge on any atom is -0.497 e. The summed E-state index contributed by atoms with van der Waals surface area (Å²) in [6, 6.07) is 5.82. The molecule has 1 amide bonds. The van der Waals surface area contributed by atoms with Crippen LogP contribution >= 0.6 is 15.9 Å². The van der Waals surface area contributed by atoms with E-state index in [1.165, 1.54) is 0 Å². The quantitative estimate of drug-likeness (QED) is 0.786. The molecule has 0 aliphatic heterocycles. The molecule has 0 aromatic heterocycles. The van der Waals surface area contributed by atoms with E-state index in [9.17, 15) is 4.79 Å². The van der Waals surface area contributed by atoms with Crippen molar-refractivity contribution in [3.8, 4) is 5.75 Å². The predicted octanol–water partition coefficient (Wildman–Crippen LogP) is 1.68. The van der Waals surface area contributed by atoms with Crippen molar-refractivity contribution < 1.29 is 9.53 Å². The van der Waals surface area contributed by atoms with Gasteiger partial charge in [-0.2, -0.15) is 0 Å². The number of amides is 1. The van der Waals surface area contributed by atoms with Crippen LogP contribution in [-0.2, 0) is 11.3 Å². The van der Waals surface area contributed by atoms with Crippen molar-refractivity contribution in [2.24, 2.45) is 0 Å². The van der Waals surface area contributed by atoms with Crippen molar-refractivity contribution in [2.75, 3.05) is 20.7 Å². The van der Waals surface area contributed by atoms with Gasteiger partial charge >= 0.3 is 0 Å². The normalized spacial score (nSPS) is 10.1. The number of nitrogens with one attached hydrogen (secondary N) is 2. The SMILES string of the molecule is CNC(=O)CCNCc1cc(OC)ccc1Br. The maximum Gasteiger partial charge on any atom is 0.221 e. The Kier molecular flexibility index (Phi) is 6.00. The molecule has 17 heavy (non-hydrogen) atoms. The van der Waals surface area contributed by atoms with Gasteiger partial charge in [-0.05, 0) is 23.8 Å². The van der Waals surface area contributed by atoms with E-state index >= 15 is 0 Å². The first-order chi connectivity index (χ1) is 8.17. The molecule has 4 nitrogen and oxygen atoms in total. The third-order valence-electron chi connectivity index (χ3n) is 2.38. The topological polar surface area (TPSA) is 50.4 Å². The van der Waals surface area contributed by atoms with E-state index in [0.717, 1.165) is 15.8 Å². The molecule has 0 spiro atoms. The third-order valence-corrected chi connectivity index (χ3v) is 3.15. The maximum absolute atomic E-state index is 11.0. The van der Waals surface area contributed by atoms with Crippen LogP contribution in [0, 0.1) is 0 Å². The minimum atomic E-state index is 0.0437. The monoisotopic (exact) mass is 300 g/mol. The van der Waals surface area contributed by atoms with Gasteiger partial charge in [0, 0.05) is 31.0 Å². The fourth-order valence-corrected chi connectivity index (χ4v) is 1.75. The van der Waals surface area contributed by atoms with Gasteiger partial charge in [-0.1, -0.05) is 15.9 Å². The Hall–Kier alpha value is -1.07. The fraction of sp³-hybridized carbons (Fsp3) is 0.417. The summed E-state index contributed by atoms with van der Waals surface area (Å²) in [4.78, 5) is 11.0. The van der Waals surface area contributed by atoms with Crippen LogP contribution in [0.25, 0.3) is 0 Å². The van der Waals surface area contributed by atoms with E-state index in [-0.39, 0.29) is 5.91 Å². The fourth-order valence-electron chi connectivity index (χ4n) is 1.36. The van der Waals surface area contributed by atoms with Crippen molar-refractivity contribution >= 4 is 21.8 Å². The third kappa shape index (κ3) is 4.75. The first-order valence-electron chi connectivity index (χ1n) is 5.41. The van der Waals surface area contributed by atoms with Crippen LogP contribution in [0.1, 0.15) is 12.0 Å². The summed E-state index contributed by atoms with van der Waals surface area (Å²) in [7, 11) is 3.28. The van der Waals surface area contributed by atoms with E-state index in [1.54, 1.807) is 14.2 Å². The number of carbonyl (C=O) groups is 1. The molecular formula is C12H17BrN2O2. The molecule has 0 saturated carbocycles. The zero-order valence-electron chi connectivity index (χ0n) is 10.0. The van der Waals surface area contributed by atoms with Crippen LogP contribution in [0.5, 0.6) is 5.75 Å². The standard InChI is InChI=1S/C12H17BrN2O2/c1-14-12(16)5-6-15-8-9-7-10(17-2)3-4-11(9)13/h3-4,7,15H,5-6,8H2,1-2H3,(H,14,16). The van der Waals surface area contributed by atoms with Gasteiger partial charge in [0.2, 0.25) is 5.91 Å². The molecule has 1 aromatic rings. The molecule has 1 rings (SSSR count).